The predicted molar refractivity (Wildman–Crippen MR) is 164 cm³/mol. The smallest absolute Gasteiger partial charge is 0.256 e. The molecule has 0 spiro atoms. The average molecular weight is 582 g/mol. The van der Waals surface area contributed by atoms with Gasteiger partial charge >= 0.3 is 0 Å². The average Bonchev–Trinajstić information content (AvgIpc) is 3.60. The Morgan fingerprint density at radius 2 is 1.79 bits per heavy atom. The maximum absolute atomic E-state index is 14.0. The van der Waals surface area contributed by atoms with Gasteiger partial charge in [-0.15, -0.1) is 0 Å². The first-order chi connectivity index (χ1) is 20.5. The summed E-state index contributed by atoms with van der Waals surface area (Å²) in [5.41, 5.74) is 0.399. The maximum atomic E-state index is 14.0. The van der Waals surface area contributed by atoms with Crippen molar-refractivity contribution in [2.45, 2.75) is 133 Å². The monoisotopic (exact) mass is 581 g/mol. The van der Waals surface area contributed by atoms with Crippen LogP contribution in [0, 0.1) is 17.8 Å². The van der Waals surface area contributed by atoms with Gasteiger partial charge in [-0.25, -0.2) is 0 Å². The molecule has 10 unspecified atom stereocenters. The number of ether oxygens (including phenoxy) is 1. The number of carbonyl (C=O) groups excluding carboxylic acids is 2. The summed E-state index contributed by atoms with van der Waals surface area (Å²) in [6, 6.07) is 1.80. The highest BCUT2D eigenvalue weighted by Crippen LogP contribution is 2.49. The third-order valence-electron chi connectivity index (χ3n) is 12.6. The summed E-state index contributed by atoms with van der Waals surface area (Å²) in [7, 11) is 2.18. The number of rotatable bonds is 8. The number of amides is 1. The van der Waals surface area contributed by atoms with Gasteiger partial charge in [-0.05, 0) is 96.7 Å². The normalized spacial score (nSPS) is 42.1. The molecule has 0 aromatic carbocycles. The van der Waals surface area contributed by atoms with E-state index in [2.05, 4.69) is 39.3 Å². The first-order valence-corrected chi connectivity index (χ1v) is 17.6. The molecule has 6 fully saturated rings. The minimum atomic E-state index is -0.162. The van der Waals surface area contributed by atoms with Gasteiger partial charge in [0.05, 0.1) is 29.9 Å². The van der Waals surface area contributed by atoms with Crippen LogP contribution < -0.4 is 10.6 Å². The van der Waals surface area contributed by atoms with Crippen molar-refractivity contribution in [2.75, 3.05) is 39.8 Å². The number of likely N-dealkylation sites (tertiary alicyclic amines) is 2. The fourth-order valence-electron chi connectivity index (χ4n) is 10.2. The zero-order valence-electron chi connectivity index (χ0n) is 26.1. The minimum absolute atomic E-state index is 0.00357. The van der Waals surface area contributed by atoms with E-state index in [4.69, 9.17) is 4.74 Å². The van der Waals surface area contributed by atoms with Gasteiger partial charge in [-0.1, -0.05) is 25.7 Å². The lowest BCUT2D eigenvalue weighted by Crippen LogP contribution is -2.71. The predicted octanol–water partition coefficient (Wildman–Crippen LogP) is 3.31. The van der Waals surface area contributed by atoms with Crippen molar-refractivity contribution in [1.82, 2.24) is 25.3 Å². The Kier molecular flexibility index (Phi) is 8.70. The molecule has 0 aromatic heterocycles. The van der Waals surface area contributed by atoms with Crippen LogP contribution in [-0.4, -0.2) is 109 Å². The lowest BCUT2D eigenvalue weighted by atomic mass is 9.65. The molecule has 3 aliphatic carbocycles. The minimum Gasteiger partial charge on any atom is -0.369 e. The van der Waals surface area contributed by atoms with Crippen molar-refractivity contribution in [3.8, 4) is 0 Å². The third kappa shape index (κ3) is 5.59. The quantitative estimate of drug-likeness (QED) is 0.426. The van der Waals surface area contributed by atoms with Crippen LogP contribution in [0.25, 0.3) is 0 Å². The first kappa shape index (κ1) is 29.2. The molecule has 8 heteroatoms. The van der Waals surface area contributed by atoms with Crippen molar-refractivity contribution in [2.24, 2.45) is 17.8 Å². The van der Waals surface area contributed by atoms with Crippen molar-refractivity contribution in [3.63, 3.8) is 0 Å². The van der Waals surface area contributed by atoms with E-state index in [1.165, 1.54) is 57.9 Å². The highest BCUT2D eigenvalue weighted by atomic mass is 16.5. The maximum Gasteiger partial charge on any atom is 0.256 e. The molecular formula is C34H55N5O3. The molecule has 0 bridgehead atoms. The molecule has 7 rings (SSSR count). The largest absolute Gasteiger partial charge is 0.369 e. The molecule has 3 saturated carbocycles. The van der Waals surface area contributed by atoms with Crippen LogP contribution in [0.4, 0.5) is 0 Å². The molecule has 2 N–H and O–H groups in total. The zero-order valence-corrected chi connectivity index (χ0v) is 26.1. The lowest BCUT2D eigenvalue weighted by Gasteiger charge is -2.60. The lowest BCUT2D eigenvalue weighted by molar-refractivity contribution is -0.200. The molecule has 4 aliphatic heterocycles. The van der Waals surface area contributed by atoms with E-state index in [0.717, 1.165) is 63.6 Å². The number of hydrogen-bond acceptors (Lipinski definition) is 7. The van der Waals surface area contributed by atoms with Crippen LogP contribution in [0.5, 0.6) is 0 Å². The van der Waals surface area contributed by atoms with Crippen LogP contribution in [-0.2, 0) is 14.3 Å². The van der Waals surface area contributed by atoms with E-state index in [0.29, 0.717) is 24.2 Å². The Morgan fingerprint density at radius 3 is 2.55 bits per heavy atom. The first-order valence-electron chi connectivity index (χ1n) is 17.6. The van der Waals surface area contributed by atoms with Crippen molar-refractivity contribution in [1.29, 1.82) is 0 Å². The van der Waals surface area contributed by atoms with Crippen LogP contribution in [0.15, 0.2) is 11.8 Å². The van der Waals surface area contributed by atoms with Crippen molar-refractivity contribution >= 4 is 11.7 Å². The van der Waals surface area contributed by atoms with Gasteiger partial charge < -0.3 is 25.2 Å². The summed E-state index contributed by atoms with van der Waals surface area (Å²) in [6.45, 7) is 7.38. The number of Topliss-reactive ketones (excluding diaryl/α,β-unsaturated/α-hetero) is 1. The van der Waals surface area contributed by atoms with E-state index in [1.807, 2.05) is 6.20 Å². The van der Waals surface area contributed by atoms with E-state index in [1.54, 1.807) is 0 Å². The topological polar surface area (TPSA) is 77.2 Å². The summed E-state index contributed by atoms with van der Waals surface area (Å²) in [5, 5.41) is 7.06. The molecule has 4 heterocycles. The second kappa shape index (κ2) is 12.5. The van der Waals surface area contributed by atoms with E-state index < -0.39 is 0 Å². The number of fused-ring (bicyclic) bond motifs is 3. The van der Waals surface area contributed by atoms with Crippen molar-refractivity contribution < 1.29 is 14.3 Å². The van der Waals surface area contributed by atoms with Gasteiger partial charge in [0.1, 0.15) is 0 Å². The van der Waals surface area contributed by atoms with Gasteiger partial charge in [0.15, 0.2) is 5.78 Å². The van der Waals surface area contributed by atoms with Crippen LogP contribution in [0.3, 0.4) is 0 Å². The van der Waals surface area contributed by atoms with Crippen LogP contribution >= 0.6 is 0 Å². The summed E-state index contributed by atoms with van der Waals surface area (Å²) >= 11 is 0. The van der Waals surface area contributed by atoms with E-state index in [-0.39, 0.29) is 47.9 Å². The summed E-state index contributed by atoms with van der Waals surface area (Å²) < 4.78 is 7.11. The van der Waals surface area contributed by atoms with Gasteiger partial charge in [0.25, 0.3) is 5.91 Å². The molecule has 7 aliphatic rings. The number of hydrogen-bond donors (Lipinski definition) is 2. The third-order valence-corrected chi connectivity index (χ3v) is 12.6. The SMILES string of the molecule is CC1CCCN1CCNC1CCC2C(=O)C(C(=O)NCCC3CCCN3C)=CN3C4CC5CCCCC5CC4OC1C23. The molecule has 3 saturated heterocycles. The van der Waals surface area contributed by atoms with Crippen molar-refractivity contribution in [3.05, 3.63) is 11.8 Å². The van der Waals surface area contributed by atoms with Gasteiger partial charge in [-0.3, -0.25) is 14.5 Å². The van der Waals surface area contributed by atoms with Crippen LogP contribution in [0.2, 0.25) is 0 Å². The molecule has 0 radical (unpaired) electrons. The molecule has 42 heavy (non-hydrogen) atoms. The Balaban J connectivity index is 1.09. The summed E-state index contributed by atoms with van der Waals surface area (Å²) in [6.07, 6.45) is 17.6. The van der Waals surface area contributed by atoms with E-state index in [9.17, 15) is 9.59 Å². The molecule has 10 atom stereocenters. The second-order valence-electron chi connectivity index (χ2n) is 14.9. The Bertz CT molecular complexity index is 1030. The Morgan fingerprint density at radius 1 is 0.976 bits per heavy atom. The Hall–Kier alpha value is -1.48. The van der Waals surface area contributed by atoms with E-state index >= 15 is 0 Å². The van der Waals surface area contributed by atoms with Gasteiger partial charge in [-0.2, -0.15) is 0 Å². The number of morpholine rings is 1. The number of nitrogens with zero attached hydrogens (tertiary/aromatic N) is 3. The molecular weight excluding hydrogens is 526 g/mol. The zero-order chi connectivity index (χ0) is 28.8. The standard InChI is InChI=1S/C34H55N5O3/c1-22-7-5-17-38(22)18-15-35-28-12-11-26-31-33(28)42-30-20-24-9-4-3-8-23(24)19-29(30)39(31)21-27(32(26)40)34(41)36-14-13-25-10-6-16-37(25)2/h21-26,28-31,33,35H,3-20H2,1-2H3,(H,36,41). The fourth-order valence-corrected chi connectivity index (χ4v) is 10.2. The highest BCUT2D eigenvalue weighted by molar-refractivity contribution is 6.20. The Labute approximate surface area is 253 Å². The van der Waals surface area contributed by atoms with Gasteiger partial charge in [0, 0.05) is 49.9 Å². The number of nitrogens with one attached hydrogen (secondary N) is 2. The number of ketones is 1. The number of carbonyl (C=O) groups is 2. The highest BCUT2D eigenvalue weighted by Gasteiger charge is 2.57. The molecule has 8 nitrogen and oxygen atoms in total. The second-order valence-corrected chi connectivity index (χ2v) is 14.9. The molecule has 0 aromatic rings. The van der Waals surface area contributed by atoms with Gasteiger partial charge in [0.2, 0.25) is 0 Å². The molecule has 1 amide bonds. The van der Waals surface area contributed by atoms with Crippen LogP contribution in [0.1, 0.15) is 90.4 Å². The summed E-state index contributed by atoms with van der Waals surface area (Å²) in [5.74, 6) is 1.26. The molecule has 234 valence electrons. The fraction of sp³-hybridized carbons (Fsp3) is 0.882. The summed E-state index contributed by atoms with van der Waals surface area (Å²) in [4.78, 5) is 35.0.